The fraction of sp³-hybridized carbons (Fsp3) is 0.548. The van der Waals surface area contributed by atoms with Crippen molar-refractivity contribution in [1.82, 2.24) is 13.9 Å². The number of halogens is 3. The van der Waals surface area contributed by atoms with Crippen molar-refractivity contribution in [3.63, 3.8) is 0 Å². The van der Waals surface area contributed by atoms with E-state index in [4.69, 9.17) is 0 Å². The van der Waals surface area contributed by atoms with Gasteiger partial charge in [0.1, 0.15) is 12.2 Å². The fourth-order valence-electron chi connectivity index (χ4n) is 6.90. The van der Waals surface area contributed by atoms with Gasteiger partial charge in [0.05, 0.1) is 22.3 Å². The van der Waals surface area contributed by atoms with Crippen molar-refractivity contribution in [2.75, 3.05) is 24.7 Å². The van der Waals surface area contributed by atoms with E-state index < -0.39 is 64.3 Å². The predicted molar refractivity (Wildman–Crippen MR) is 175 cm³/mol. The molecule has 2 heterocycles. The van der Waals surface area contributed by atoms with E-state index in [0.717, 1.165) is 43.3 Å². The topological polar surface area (TPSA) is 156 Å². The molecule has 0 bridgehead atoms. The molecule has 3 aliphatic rings. The number of benzene rings is 2. The van der Waals surface area contributed by atoms with E-state index in [0.29, 0.717) is 36.1 Å². The average Bonchev–Trinajstić information content (AvgIpc) is 3.42. The molecule has 5 atom stereocenters. The van der Waals surface area contributed by atoms with Crippen LogP contribution >= 0.6 is 19.3 Å². The van der Waals surface area contributed by atoms with Crippen molar-refractivity contribution in [1.29, 1.82) is 0 Å². The van der Waals surface area contributed by atoms with Crippen LogP contribution in [0.1, 0.15) is 62.5 Å². The molecule has 1 saturated carbocycles. The first-order chi connectivity index (χ1) is 22.6. The molecular formula is C31H40F3N4O7PS2. The highest BCUT2D eigenvalue weighted by molar-refractivity contribution is 7.97. The molecule has 1 aliphatic carbocycles. The molecule has 5 rings (SSSR count). The summed E-state index contributed by atoms with van der Waals surface area (Å²) >= 11 is 1.09. The normalized spacial score (nSPS) is 24.3. The van der Waals surface area contributed by atoms with Crippen LogP contribution in [-0.4, -0.2) is 77.1 Å². The van der Waals surface area contributed by atoms with E-state index in [1.165, 1.54) is 4.90 Å². The third kappa shape index (κ3) is 8.56. The second kappa shape index (κ2) is 14.7. The summed E-state index contributed by atoms with van der Waals surface area (Å²) in [5.74, 6) is -1.63. The molecule has 3 unspecified atom stereocenters. The number of anilines is 1. The number of nitrogens with zero attached hydrogens (tertiary/aromatic N) is 2. The highest BCUT2D eigenvalue weighted by atomic mass is 32.2. The summed E-state index contributed by atoms with van der Waals surface area (Å²) in [4.78, 5) is 36.4. The van der Waals surface area contributed by atoms with Crippen LogP contribution in [0.3, 0.4) is 0 Å². The van der Waals surface area contributed by atoms with Crippen molar-refractivity contribution in [3.05, 3.63) is 53.6 Å². The van der Waals surface area contributed by atoms with Gasteiger partial charge in [0.15, 0.2) is 0 Å². The van der Waals surface area contributed by atoms with Crippen LogP contribution in [0, 0.1) is 5.92 Å². The smallest absolute Gasteiger partial charge is 0.417 e. The molecule has 2 aromatic carbocycles. The summed E-state index contributed by atoms with van der Waals surface area (Å²) in [6, 6.07) is 9.04. The van der Waals surface area contributed by atoms with Gasteiger partial charge in [0.2, 0.25) is 23.3 Å². The number of carboxylic acids is 1. The van der Waals surface area contributed by atoms with Crippen molar-refractivity contribution in [2.24, 2.45) is 5.92 Å². The zero-order valence-corrected chi connectivity index (χ0v) is 28.9. The summed E-state index contributed by atoms with van der Waals surface area (Å²) in [5.41, 5.74) is -0.589. The van der Waals surface area contributed by atoms with Gasteiger partial charge in [0, 0.05) is 23.6 Å². The first-order valence-corrected chi connectivity index (χ1v) is 20.2. The van der Waals surface area contributed by atoms with Crippen LogP contribution in [0.15, 0.2) is 52.3 Å². The Balaban J connectivity index is 1.19. The maximum atomic E-state index is 14.1. The lowest BCUT2D eigenvalue weighted by Gasteiger charge is -2.35. The third-order valence-electron chi connectivity index (χ3n) is 9.27. The number of alkyl halides is 3. The minimum Gasteiger partial charge on any atom is -0.480 e. The molecule has 17 heteroatoms. The van der Waals surface area contributed by atoms with E-state index in [1.807, 2.05) is 0 Å². The van der Waals surface area contributed by atoms with Gasteiger partial charge in [0.25, 0.3) is 0 Å². The Labute approximate surface area is 282 Å². The highest BCUT2D eigenvalue weighted by Crippen LogP contribution is 2.47. The highest BCUT2D eigenvalue weighted by Gasteiger charge is 2.48. The Morgan fingerprint density at radius 2 is 1.83 bits per heavy atom. The molecule has 2 aromatic rings. The molecule has 0 spiro atoms. The molecule has 11 nitrogen and oxygen atoms in total. The lowest BCUT2D eigenvalue weighted by molar-refractivity contribution is -0.148. The van der Waals surface area contributed by atoms with Gasteiger partial charge in [-0.05, 0) is 81.1 Å². The Morgan fingerprint density at radius 1 is 1.12 bits per heavy atom. The van der Waals surface area contributed by atoms with Crippen LogP contribution < -0.4 is 10.0 Å². The zero-order valence-electron chi connectivity index (χ0n) is 26.4. The van der Waals surface area contributed by atoms with Crippen LogP contribution in [-0.2, 0) is 36.9 Å². The van der Waals surface area contributed by atoms with E-state index in [2.05, 4.69) is 10.0 Å². The van der Waals surface area contributed by atoms with Crippen LogP contribution in [0.25, 0.3) is 0 Å². The number of carboxylic acid groups (broad SMARTS) is 1. The van der Waals surface area contributed by atoms with Crippen LogP contribution in [0.4, 0.5) is 18.9 Å². The molecule has 1 saturated heterocycles. The van der Waals surface area contributed by atoms with E-state index in [1.54, 1.807) is 41.7 Å². The van der Waals surface area contributed by atoms with Crippen molar-refractivity contribution in [3.8, 4) is 0 Å². The Bertz CT molecular complexity index is 1670. The summed E-state index contributed by atoms with van der Waals surface area (Å²) in [7, 11) is -6.76. The number of hydrogen-bond donors (Lipinski definition) is 4. The minimum absolute atomic E-state index is 0.0874. The quantitative estimate of drug-likeness (QED) is 0.124. The number of carbonyl (C=O) groups excluding carboxylic acids is 1. The molecule has 264 valence electrons. The lowest BCUT2D eigenvalue weighted by atomic mass is 9.85. The number of unbranched alkanes of at least 4 members (excludes halogenated alkanes) is 1. The first kappa shape index (κ1) is 36.7. The number of carbonyl (C=O) groups is 2. The Morgan fingerprint density at radius 3 is 2.52 bits per heavy atom. The predicted octanol–water partition coefficient (Wildman–Crippen LogP) is 5.56. The number of amides is 1. The molecule has 1 amide bonds. The van der Waals surface area contributed by atoms with Gasteiger partial charge < -0.3 is 20.2 Å². The largest absolute Gasteiger partial charge is 0.480 e. The van der Waals surface area contributed by atoms with Crippen molar-refractivity contribution < 1.29 is 45.7 Å². The number of sulfonamides is 1. The number of fused-ring (bicyclic) bond motifs is 2. The monoisotopic (exact) mass is 732 g/mol. The van der Waals surface area contributed by atoms with Gasteiger partial charge in [-0.15, -0.1) is 0 Å². The summed E-state index contributed by atoms with van der Waals surface area (Å²) < 4.78 is 85.6. The minimum atomic E-state index is -4.95. The van der Waals surface area contributed by atoms with Gasteiger partial charge >= 0.3 is 12.1 Å². The maximum Gasteiger partial charge on any atom is 0.417 e. The lowest BCUT2D eigenvalue weighted by Crippen LogP contribution is -2.47. The fourth-order valence-corrected chi connectivity index (χ4v) is 10.7. The number of aliphatic carboxylic acids is 1. The zero-order chi connectivity index (χ0) is 34.9. The van der Waals surface area contributed by atoms with Crippen molar-refractivity contribution >= 4 is 46.9 Å². The van der Waals surface area contributed by atoms with Crippen LogP contribution in [0.2, 0.25) is 0 Å². The van der Waals surface area contributed by atoms with Crippen molar-refractivity contribution in [2.45, 2.75) is 92.1 Å². The van der Waals surface area contributed by atoms with E-state index >= 15 is 0 Å². The molecule has 0 radical (unpaired) electrons. The Hall–Kier alpha value is -2.62. The standard InChI is InChI=1S/C31H40F3N4O7PS2/c1-37-28(13-7-8-14-46(42,43)19-29(39)38-24-12-6-5-11-21(24)15-25(38)30(40)41)36-23-16-22(31(32,33)34)27(17-26(23)47-37)48(44,45)35-18-20-9-3-2-4-10-20/h2-4,9-10,16-17,21,24-25,28,35-36H,5-8,11-15,18-19H2,1H3,(H,40,41)(H,42,43)/t21-,24?,25+,28?/m1/s1. The van der Waals surface area contributed by atoms with Gasteiger partial charge in [-0.1, -0.05) is 43.2 Å². The Kier molecular flexibility index (Phi) is 11.2. The molecule has 4 N–H and O–H groups in total. The summed E-state index contributed by atoms with van der Waals surface area (Å²) in [6.07, 6.45) is -1.42. The molecule has 0 aromatic heterocycles. The first-order valence-electron chi connectivity index (χ1n) is 15.9. The summed E-state index contributed by atoms with van der Waals surface area (Å²) in [5, 5.41) is 12.7. The number of rotatable bonds is 12. The summed E-state index contributed by atoms with van der Waals surface area (Å²) in [6.45, 7) is -0.179. The molecule has 2 fully saturated rings. The van der Waals surface area contributed by atoms with E-state index in [-0.39, 0.29) is 36.8 Å². The second-order valence-corrected chi connectivity index (χ2v) is 18.1. The number of hydrogen-bond acceptors (Lipinski definition) is 8. The van der Waals surface area contributed by atoms with Crippen LogP contribution in [0.5, 0.6) is 0 Å². The molecule has 48 heavy (non-hydrogen) atoms. The molecular weight excluding hydrogens is 692 g/mol. The second-order valence-electron chi connectivity index (χ2n) is 12.7. The van der Waals surface area contributed by atoms with Gasteiger partial charge in [-0.25, -0.2) is 22.2 Å². The third-order valence-corrected chi connectivity index (χ3v) is 13.6. The number of likely N-dealkylation sites (tertiary alicyclic amines) is 1. The van der Waals surface area contributed by atoms with Gasteiger partial charge in [-0.2, -0.15) is 13.2 Å². The molecule has 2 aliphatic heterocycles. The van der Waals surface area contributed by atoms with E-state index in [9.17, 15) is 45.7 Å². The number of nitrogens with one attached hydrogen (secondary N) is 2. The van der Waals surface area contributed by atoms with Gasteiger partial charge in [-0.3, -0.25) is 9.36 Å². The maximum absolute atomic E-state index is 14.1. The SMILES string of the molecule is CN1Sc2cc(S(=O)(=O)NCc3ccccc3)c(C(F)(F)F)cc2NC1CCCCP(=O)(O)CC(=O)N1C2CCCC[C@@H]2C[C@H]1C(=O)O. The average molecular weight is 733 g/mol.